The molecule has 0 saturated heterocycles. The number of carbonyl (C=O) groups is 2. The second kappa shape index (κ2) is 7.23. The summed E-state index contributed by atoms with van der Waals surface area (Å²) >= 11 is 0. The molecule has 6 nitrogen and oxygen atoms in total. The van der Waals surface area contributed by atoms with Gasteiger partial charge in [0.15, 0.2) is 0 Å². The summed E-state index contributed by atoms with van der Waals surface area (Å²) in [7, 11) is 0. The minimum atomic E-state index is -0.966. The lowest BCUT2D eigenvalue weighted by Crippen LogP contribution is -2.37. The lowest BCUT2D eigenvalue weighted by Gasteiger charge is -2.20. The van der Waals surface area contributed by atoms with E-state index < -0.39 is 5.97 Å². The monoisotopic (exact) mass is 363 g/mol. The molecule has 0 unspecified atom stereocenters. The molecule has 1 heterocycles. The Labute approximate surface area is 157 Å². The quantitative estimate of drug-likeness (QED) is 0.700. The summed E-state index contributed by atoms with van der Waals surface area (Å²) < 4.78 is 2.07. The van der Waals surface area contributed by atoms with Crippen LogP contribution in [-0.4, -0.2) is 44.0 Å². The third-order valence-electron chi connectivity index (χ3n) is 4.82. The number of hydrogen-bond donors (Lipinski definition) is 1. The van der Waals surface area contributed by atoms with Crippen molar-refractivity contribution in [3.63, 3.8) is 0 Å². The molecule has 1 saturated carbocycles. The van der Waals surface area contributed by atoms with Gasteiger partial charge in [0.2, 0.25) is 5.91 Å². The first-order valence-electron chi connectivity index (χ1n) is 9.16. The molecule has 0 radical (unpaired) electrons. The highest BCUT2D eigenvalue weighted by atomic mass is 16.4. The highest BCUT2D eigenvalue weighted by molar-refractivity contribution is 5.82. The molecule has 1 fully saturated rings. The maximum absolute atomic E-state index is 12.6. The van der Waals surface area contributed by atoms with Crippen LogP contribution in [0, 0.1) is 0 Å². The van der Waals surface area contributed by atoms with Crippen LogP contribution in [0.4, 0.5) is 0 Å². The molecule has 0 aliphatic heterocycles. The lowest BCUT2D eigenvalue weighted by atomic mass is 10.2. The maximum atomic E-state index is 12.6. The molecule has 138 valence electrons. The van der Waals surface area contributed by atoms with E-state index in [2.05, 4.69) is 4.57 Å². The van der Waals surface area contributed by atoms with Crippen molar-refractivity contribution in [1.29, 1.82) is 0 Å². The van der Waals surface area contributed by atoms with Crippen molar-refractivity contribution in [2.45, 2.75) is 31.7 Å². The SMILES string of the molecule is O=C(O)CN(C(=O)CCc1nc2ccccc2n1-c1ccccc1)C1CC1. The van der Waals surface area contributed by atoms with Gasteiger partial charge in [0.1, 0.15) is 12.4 Å². The Balaban J connectivity index is 1.60. The van der Waals surface area contributed by atoms with Crippen LogP contribution < -0.4 is 0 Å². The van der Waals surface area contributed by atoms with Crippen molar-refractivity contribution in [3.05, 3.63) is 60.4 Å². The number of rotatable bonds is 7. The number of benzene rings is 2. The van der Waals surface area contributed by atoms with E-state index in [9.17, 15) is 9.59 Å². The summed E-state index contributed by atoms with van der Waals surface area (Å²) in [6, 6.07) is 17.9. The number of nitrogens with zero attached hydrogens (tertiary/aromatic N) is 3. The highest BCUT2D eigenvalue weighted by Gasteiger charge is 2.33. The molecule has 1 amide bonds. The highest BCUT2D eigenvalue weighted by Crippen LogP contribution is 2.28. The average Bonchev–Trinajstić information content (AvgIpc) is 3.45. The number of hydrogen-bond acceptors (Lipinski definition) is 3. The molecular formula is C21H21N3O3. The van der Waals surface area contributed by atoms with Gasteiger partial charge in [-0.2, -0.15) is 0 Å². The number of para-hydroxylation sites is 3. The van der Waals surface area contributed by atoms with E-state index in [0.717, 1.165) is 35.4 Å². The van der Waals surface area contributed by atoms with E-state index in [0.29, 0.717) is 6.42 Å². The summed E-state index contributed by atoms with van der Waals surface area (Å²) in [4.78, 5) is 29.9. The largest absolute Gasteiger partial charge is 0.480 e. The second-order valence-electron chi connectivity index (χ2n) is 6.83. The predicted octanol–water partition coefficient (Wildman–Crippen LogP) is 3.03. The molecule has 1 aromatic heterocycles. The zero-order valence-corrected chi connectivity index (χ0v) is 14.9. The van der Waals surface area contributed by atoms with E-state index in [1.807, 2.05) is 54.6 Å². The van der Waals surface area contributed by atoms with Crippen molar-refractivity contribution in [1.82, 2.24) is 14.5 Å². The van der Waals surface area contributed by atoms with E-state index >= 15 is 0 Å². The number of aromatic nitrogens is 2. The van der Waals surface area contributed by atoms with Gasteiger partial charge >= 0.3 is 5.97 Å². The van der Waals surface area contributed by atoms with Crippen LogP contribution in [0.1, 0.15) is 25.1 Å². The zero-order valence-electron chi connectivity index (χ0n) is 14.9. The first kappa shape index (κ1) is 17.3. The van der Waals surface area contributed by atoms with Gasteiger partial charge in [-0.3, -0.25) is 14.2 Å². The molecule has 3 aromatic rings. The fourth-order valence-electron chi connectivity index (χ4n) is 3.42. The summed E-state index contributed by atoms with van der Waals surface area (Å²) in [5.74, 6) is -0.278. The van der Waals surface area contributed by atoms with Crippen LogP contribution in [0.2, 0.25) is 0 Å². The standard InChI is InChI=1S/C21H21N3O3/c25-20(23(14-21(26)27)15-10-11-15)13-12-19-22-17-8-4-5-9-18(17)24(19)16-6-2-1-3-7-16/h1-9,15H,10-14H2,(H,26,27). The topological polar surface area (TPSA) is 75.4 Å². The normalized spacial score (nSPS) is 13.6. The van der Waals surface area contributed by atoms with Gasteiger partial charge in [0.05, 0.1) is 11.0 Å². The third kappa shape index (κ3) is 3.69. The van der Waals surface area contributed by atoms with E-state index in [-0.39, 0.29) is 24.9 Å². The van der Waals surface area contributed by atoms with Crippen LogP contribution >= 0.6 is 0 Å². The van der Waals surface area contributed by atoms with Gasteiger partial charge in [-0.15, -0.1) is 0 Å². The van der Waals surface area contributed by atoms with Crippen molar-refractivity contribution in [2.24, 2.45) is 0 Å². The predicted molar refractivity (Wildman–Crippen MR) is 102 cm³/mol. The van der Waals surface area contributed by atoms with E-state index in [4.69, 9.17) is 10.1 Å². The Morgan fingerprint density at radius 2 is 1.78 bits per heavy atom. The number of fused-ring (bicyclic) bond motifs is 1. The van der Waals surface area contributed by atoms with Crippen molar-refractivity contribution >= 4 is 22.9 Å². The van der Waals surface area contributed by atoms with Crippen LogP contribution in [-0.2, 0) is 16.0 Å². The Bertz CT molecular complexity index is 977. The summed E-state index contributed by atoms with van der Waals surface area (Å²) in [6.45, 7) is -0.224. The van der Waals surface area contributed by atoms with Gasteiger partial charge in [-0.25, -0.2) is 4.98 Å². The third-order valence-corrected chi connectivity index (χ3v) is 4.82. The van der Waals surface area contributed by atoms with Crippen LogP contribution in [0.15, 0.2) is 54.6 Å². The lowest BCUT2D eigenvalue weighted by molar-refractivity contribution is -0.144. The zero-order chi connectivity index (χ0) is 18.8. The van der Waals surface area contributed by atoms with Gasteiger partial charge in [-0.1, -0.05) is 30.3 Å². The summed E-state index contributed by atoms with van der Waals surface area (Å²) in [5, 5.41) is 9.07. The van der Waals surface area contributed by atoms with Gasteiger partial charge < -0.3 is 10.0 Å². The van der Waals surface area contributed by atoms with Crippen LogP contribution in [0.25, 0.3) is 16.7 Å². The van der Waals surface area contributed by atoms with Gasteiger partial charge in [-0.05, 0) is 37.1 Å². The first-order valence-corrected chi connectivity index (χ1v) is 9.16. The maximum Gasteiger partial charge on any atom is 0.323 e. The van der Waals surface area contributed by atoms with E-state index in [1.165, 1.54) is 4.90 Å². The van der Waals surface area contributed by atoms with Crippen molar-refractivity contribution in [3.8, 4) is 5.69 Å². The first-order chi connectivity index (χ1) is 13.1. The molecule has 1 N–H and O–H groups in total. The molecule has 1 aliphatic carbocycles. The van der Waals surface area contributed by atoms with Gasteiger partial charge in [0.25, 0.3) is 0 Å². The molecule has 6 heteroatoms. The number of aliphatic carboxylic acids is 1. The van der Waals surface area contributed by atoms with Crippen LogP contribution in [0.3, 0.4) is 0 Å². The molecule has 2 aromatic carbocycles. The van der Waals surface area contributed by atoms with Gasteiger partial charge in [0, 0.05) is 24.6 Å². The number of imidazole rings is 1. The second-order valence-corrected chi connectivity index (χ2v) is 6.83. The number of aryl methyl sites for hydroxylation is 1. The molecule has 0 atom stereocenters. The van der Waals surface area contributed by atoms with Crippen LogP contribution in [0.5, 0.6) is 0 Å². The smallest absolute Gasteiger partial charge is 0.323 e. The Kier molecular flexibility index (Phi) is 4.62. The van der Waals surface area contributed by atoms with Crippen molar-refractivity contribution < 1.29 is 14.7 Å². The fraction of sp³-hybridized carbons (Fsp3) is 0.286. The molecule has 4 rings (SSSR count). The summed E-state index contributed by atoms with van der Waals surface area (Å²) in [5.41, 5.74) is 2.88. The van der Waals surface area contributed by atoms with E-state index in [1.54, 1.807) is 0 Å². The average molecular weight is 363 g/mol. The molecule has 1 aliphatic rings. The van der Waals surface area contributed by atoms with Crippen molar-refractivity contribution in [2.75, 3.05) is 6.54 Å². The number of carboxylic acid groups (broad SMARTS) is 1. The molecule has 27 heavy (non-hydrogen) atoms. The molecular weight excluding hydrogens is 342 g/mol. The fourth-order valence-corrected chi connectivity index (χ4v) is 3.42. The Morgan fingerprint density at radius 1 is 1.07 bits per heavy atom. The molecule has 0 bridgehead atoms. The Morgan fingerprint density at radius 3 is 2.48 bits per heavy atom. The molecule has 0 spiro atoms. The summed E-state index contributed by atoms with van der Waals surface area (Å²) in [6.07, 6.45) is 2.49. The number of carbonyl (C=O) groups excluding carboxylic acids is 1. The minimum Gasteiger partial charge on any atom is -0.480 e. The minimum absolute atomic E-state index is 0.0848. The Hall–Kier alpha value is -3.15. The number of amides is 1. The number of carboxylic acids is 1.